The van der Waals surface area contributed by atoms with Crippen LogP contribution in [0.5, 0.6) is 5.75 Å². The van der Waals surface area contributed by atoms with E-state index in [-0.39, 0.29) is 37.1 Å². The lowest BCUT2D eigenvalue weighted by atomic mass is 9.78. The van der Waals surface area contributed by atoms with Crippen LogP contribution >= 0.6 is 0 Å². The van der Waals surface area contributed by atoms with Crippen LogP contribution in [0.2, 0.25) is 0 Å². The molecule has 0 bridgehead atoms. The molecule has 0 radical (unpaired) electrons. The van der Waals surface area contributed by atoms with E-state index in [9.17, 15) is 9.59 Å². The number of carbonyl (C=O) groups is 2. The molecule has 0 saturated heterocycles. The summed E-state index contributed by atoms with van der Waals surface area (Å²) in [5, 5.41) is 16.4. The van der Waals surface area contributed by atoms with Crippen LogP contribution in [0.15, 0.2) is 54.9 Å². The van der Waals surface area contributed by atoms with Crippen LogP contribution < -0.4 is 15.0 Å². The molecule has 0 aliphatic heterocycles. The SMILES string of the molecule is COc1ccc(C2CCC(CN(C(=O)C3CCC(NC(=O)OCCO)CC3)c3cccc(-c4cnn(C(C)C)c4)c3)CC2)cc1C. The Morgan fingerprint density at radius 2 is 1.78 bits per heavy atom. The predicted molar refractivity (Wildman–Crippen MR) is 180 cm³/mol. The summed E-state index contributed by atoms with van der Waals surface area (Å²) in [5.41, 5.74) is 5.57. The van der Waals surface area contributed by atoms with E-state index >= 15 is 0 Å². The lowest BCUT2D eigenvalue weighted by molar-refractivity contribution is -0.123. The molecule has 0 spiro atoms. The number of amides is 2. The van der Waals surface area contributed by atoms with Crippen LogP contribution in [0.25, 0.3) is 11.1 Å². The molecule has 3 aromatic rings. The zero-order valence-corrected chi connectivity index (χ0v) is 27.8. The van der Waals surface area contributed by atoms with Crippen molar-refractivity contribution < 1.29 is 24.2 Å². The smallest absolute Gasteiger partial charge is 0.407 e. The molecule has 248 valence electrons. The Kier molecular flexibility index (Phi) is 11.4. The topological polar surface area (TPSA) is 106 Å². The Morgan fingerprint density at radius 1 is 1.02 bits per heavy atom. The predicted octanol–water partition coefficient (Wildman–Crippen LogP) is 7.03. The van der Waals surface area contributed by atoms with E-state index < -0.39 is 6.09 Å². The minimum atomic E-state index is -0.511. The van der Waals surface area contributed by atoms with Crippen LogP contribution in [0, 0.1) is 18.8 Å². The van der Waals surface area contributed by atoms with E-state index in [4.69, 9.17) is 14.6 Å². The number of nitrogens with one attached hydrogen (secondary N) is 1. The number of methoxy groups -OCH3 is 1. The molecule has 46 heavy (non-hydrogen) atoms. The number of nitrogens with zero attached hydrogens (tertiary/aromatic N) is 3. The van der Waals surface area contributed by atoms with Gasteiger partial charge in [-0.05, 0) is 119 Å². The second kappa shape index (κ2) is 15.6. The minimum Gasteiger partial charge on any atom is -0.496 e. The number of alkyl carbamates (subject to hydrolysis) is 1. The Morgan fingerprint density at radius 3 is 2.43 bits per heavy atom. The number of aliphatic hydroxyl groups is 1. The van der Waals surface area contributed by atoms with Gasteiger partial charge in [0.1, 0.15) is 12.4 Å². The summed E-state index contributed by atoms with van der Waals surface area (Å²) < 4.78 is 12.4. The monoisotopic (exact) mass is 630 g/mol. The molecule has 2 aromatic carbocycles. The molecule has 2 aliphatic carbocycles. The number of rotatable bonds is 11. The first-order valence-corrected chi connectivity index (χ1v) is 16.9. The maximum atomic E-state index is 14.3. The van der Waals surface area contributed by atoms with Crippen LogP contribution in [0.1, 0.15) is 88.3 Å². The molecule has 2 fully saturated rings. The Bertz CT molecular complexity index is 1450. The van der Waals surface area contributed by atoms with Gasteiger partial charge < -0.3 is 24.8 Å². The Balaban J connectivity index is 1.30. The van der Waals surface area contributed by atoms with Gasteiger partial charge in [-0.25, -0.2) is 4.79 Å². The molecule has 1 heterocycles. The molecule has 0 atom stereocenters. The second-order valence-electron chi connectivity index (χ2n) is 13.3. The summed E-state index contributed by atoms with van der Waals surface area (Å²) in [6.45, 7) is 6.81. The molecular weight excluding hydrogens is 580 g/mol. The Hall–Kier alpha value is -3.85. The van der Waals surface area contributed by atoms with Gasteiger partial charge >= 0.3 is 6.09 Å². The number of aryl methyl sites for hydroxylation is 1. The Labute approximate surface area is 273 Å². The zero-order valence-electron chi connectivity index (χ0n) is 27.8. The molecule has 2 saturated carbocycles. The molecule has 2 aliphatic rings. The normalized spacial score (nSPS) is 21.5. The highest BCUT2D eigenvalue weighted by Crippen LogP contribution is 2.39. The molecule has 1 aromatic heterocycles. The van der Waals surface area contributed by atoms with Crippen molar-refractivity contribution >= 4 is 17.7 Å². The largest absolute Gasteiger partial charge is 0.496 e. The first-order valence-electron chi connectivity index (χ1n) is 16.9. The highest BCUT2D eigenvalue weighted by Gasteiger charge is 2.33. The van der Waals surface area contributed by atoms with Crippen molar-refractivity contribution in [3.05, 3.63) is 66.0 Å². The van der Waals surface area contributed by atoms with Crippen molar-refractivity contribution in [1.29, 1.82) is 0 Å². The summed E-state index contributed by atoms with van der Waals surface area (Å²) >= 11 is 0. The van der Waals surface area contributed by atoms with Crippen molar-refractivity contribution in [3.63, 3.8) is 0 Å². The first kappa shape index (κ1) is 33.5. The van der Waals surface area contributed by atoms with Gasteiger partial charge in [0.25, 0.3) is 0 Å². The van der Waals surface area contributed by atoms with E-state index in [1.54, 1.807) is 7.11 Å². The number of hydrogen-bond acceptors (Lipinski definition) is 6. The van der Waals surface area contributed by atoms with Gasteiger partial charge in [0.15, 0.2) is 0 Å². The van der Waals surface area contributed by atoms with Gasteiger partial charge in [-0.2, -0.15) is 5.10 Å². The van der Waals surface area contributed by atoms with E-state index in [1.807, 2.05) is 21.8 Å². The van der Waals surface area contributed by atoms with Crippen molar-refractivity contribution in [2.45, 2.75) is 90.1 Å². The summed E-state index contributed by atoms with van der Waals surface area (Å²) in [4.78, 5) is 28.4. The van der Waals surface area contributed by atoms with E-state index in [1.165, 1.54) is 11.1 Å². The number of carbonyl (C=O) groups excluding carboxylic acids is 2. The summed E-state index contributed by atoms with van der Waals surface area (Å²) in [7, 11) is 1.72. The molecule has 2 N–H and O–H groups in total. The van der Waals surface area contributed by atoms with Gasteiger partial charge in [0, 0.05) is 42.0 Å². The number of hydrogen-bond donors (Lipinski definition) is 2. The van der Waals surface area contributed by atoms with Crippen LogP contribution in [0.3, 0.4) is 0 Å². The fourth-order valence-electron chi connectivity index (χ4n) is 7.09. The van der Waals surface area contributed by atoms with E-state index in [0.29, 0.717) is 31.2 Å². The highest BCUT2D eigenvalue weighted by atomic mass is 16.6. The minimum absolute atomic E-state index is 0.0202. The lowest BCUT2D eigenvalue weighted by Crippen LogP contribution is -2.44. The number of aromatic nitrogens is 2. The van der Waals surface area contributed by atoms with E-state index in [0.717, 1.165) is 61.1 Å². The van der Waals surface area contributed by atoms with E-state index in [2.05, 4.69) is 73.8 Å². The summed E-state index contributed by atoms with van der Waals surface area (Å²) in [5.74, 6) is 1.95. The number of benzene rings is 2. The third-order valence-electron chi connectivity index (χ3n) is 9.79. The standard InChI is InChI=1S/C37H50N4O5/c1-25(2)41-24-32(22-38-41)30-6-5-7-34(21-30)40(36(43)29-12-15-33(16-13-29)39-37(44)46-19-18-42)23-27-8-10-28(11-9-27)31-14-17-35(45-4)26(3)20-31/h5-7,14,17,20-22,24-25,27-29,33,42H,8-13,15-16,18-19,23H2,1-4H3,(H,39,44). The highest BCUT2D eigenvalue weighted by molar-refractivity contribution is 5.95. The maximum absolute atomic E-state index is 14.3. The average Bonchev–Trinajstić information content (AvgIpc) is 3.58. The number of anilines is 1. The molecule has 5 rings (SSSR count). The van der Waals surface area contributed by atoms with Gasteiger partial charge in [0.2, 0.25) is 5.91 Å². The van der Waals surface area contributed by atoms with Crippen molar-refractivity contribution in [3.8, 4) is 16.9 Å². The van der Waals surface area contributed by atoms with Crippen molar-refractivity contribution in [2.75, 3.05) is 31.8 Å². The number of ether oxygens (including phenoxy) is 2. The summed E-state index contributed by atoms with van der Waals surface area (Å²) in [6, 6.07) is 15.1. The quantitative estimate of drug-likeness (QED) is 0.236. The van der Waals surface area contributed by atoms with Gasteiger partial charge in [-0.1, -0.05) is 24.3 Å². The first-order chi connectivity index (χ1) is 22.2. The fraction of sp³-hybridized carbons (Fsp3) is 0.541. The second-order valence-corrected chi connectivity index (χ2v) is 13.3. The third kappa shape index (κ3) is 8.29. The fourth-order valence-corrected chi connectivity index (χ4v) is 7.09. The van der Waals surface area contributed by atoms with Crippen LogP contribution in [0.4, 0.5) is 10.5 Å². The molecule has 2 amide bonds. The van der Waals surface area contributed by atoms with Gasteiger partial charge in [0.05, 0.1) is 19.9 Å². The summed E-state index contributed by atoms with van der Waals surface area (Å²) in [6.07, 6.45) is 10.7. The van der Waals surface area contributed by atoms with Crippen molar-refractivity contribution in [2.24, 2.45) is 11.8 Å². The molecular formula is C37H50N4O5. The average molecular weight is 631 g/mol. The zero-order chi connectivity index (χ0) is 32.6. The molecule has 9 nitrogen and oxygen atoms in total. The maximum Gasteiger partial charge on any atom is 0.407 e. The van der Waals surface area contributed by atoms with Crippen LogP contribution in [-0.4, -0.2) is 59.8 Å². The van der Waals surface area contributed by atoms with Gasteiger partial charge in [-0.3, -0.25) is 9.48 Å². The lowest BCUT2D eigenvalue weighted by Gasteiger charge is -2.36. The molecule has 0 unspecified atom stereocenters. The third-order valence-corrected chi connectivity index (χ3v) is 9.79. The van der Waals surface area contributed by atoms with Gasteiger partial charge in [-0.15, -0.1) is 0 Å². The number of aliphatic hydroxyl groups excluding tert-OH is 1. The van der Waals surface area contributed by atoms with Crippen LogP contribution in [-0.2, 0) is 9.53 Å². The molecule has 9 heteroatoms. The van der Waals surface area contributed by atoms with Crippen molar-refractivity contribution in [1.82, 2.24) is 15.1 Å².